The SMILES string of the molecule is CCC(C)(CCO)NS(=O)(=O)c1cccnc1Cl. The number of hydrogen-bond acceptors (Lipinski definition) is 4. The summed E-state index contributed by atoms with van der Waals surface area (Å²) in [5, 5.41) is 8.92. The van der Waals surface area contributed by atoms with Crippen molar-refractivity contribution in [2.24, 2.45) is 0 Å². The molecule has 0 spiro atoms. The highest BCUT2D eigenvalue weighted by atomic mass is 35.5. The lowest BCUT2D eigenvalue weighted by atomic mass is 9.97. The molecule has 7 heteroatoms. The molecule has 102 valence electrons. The maximum Gasteiger partial charge on any atom is 0.244 e. The van der Waals surface area contributed by atoms with E-state index in [2.05, 4.69) is 9.71 Å². The first kappa shape index (κ1) is 15.4. The number of rotatable bonds is 6. The van der Waals surface area contributed by atoms with Gasteiger partial charge in [-0.05, 0) is 31.9 Å². The van der Waals surface area contributed by atoms with Gasteiger partial charge in [-0.2, -0.15) is 0 Å². The van der Waals surface area contributed by atoms with Crippen molar-refractivity contribution in [2.75, 3.05) is 6.61 Å². The number of hydrogen-bond donors (Lipinski definition) is 2. The van der Waals surface area contributed by atoms with Crippen molar-refractivity contribution < 1.29 is 13.5 Å². The molecule has 2 N–H and O–H groups in total. The second-order valence-corrected chi connectivity index (χ2v) is 6.29. The van der Waals surface area contributed by atoms with Crippen molar-refractivity contribution in [3.8, 4) is 0 Å². The second kappa shape index (κ2) is 5.97. The van der Waals surface area contributed by atoms with Crippen molar-refractivity contribution in [2.45, 2.75) is 37.1 Å². The Kier molecular flexibility index (Phi) is 5.10. The van der Waals surface area contributed by atoms with Gasteiger partial charge in [0.15, 0.2) is 0 Å². The molecule has 1 rings (SSSR count). The maximum atomic E-state index is 12.2. The molecule has 0 bridgehead atoms. The molecule has 0 aromatic carbocycles. The van der Waals surface area contributed by atoms with E-state index < -0.39 is 15.6 Å². The molecule has 0 saturated carbocycles. The number of sulfonamides is 1. The van der Waals surface area contributed by atoms with Crippen LogP contribution in [0.5, 0.6) is 0 Å². The Balaban J connectivity index is 3.06. The Bertz CT molecular complexity index is 507. The first-order valence-electron chi connectivity index (χ1n) is 5.60. The summed E-state index contributed by atoms with van der Waals surface area (Å²) in [5.74, 6) is 0. The summed E-state index contributed by atoms with van der Waals surface area (Å²) in [6.45, 7) is 3.50. The molecule has 5 nitrogen and oxygen atoms in total. The molecule has 1 aromatic rings. The summed E-state index contributed by atoms with van der Waals surface area (Å²) >= 11 is 5.78. The molecule has 0 saturated heterocycles. The van der Waals surface area contributed by atoms with Gasteiger partial charge in [-0.3, -0.25) is 0 Å². The number of nitrogens with one attached hydrogen (secondary N) is 1. The fraction of sp³-hybridized carbons (Fsp3) is 0.545. The highest BCUT2D eigenvalue weighted by Crippen LogP contribution is 2.22. The van der Waals surface area contributed by atoms with E-state index in [1.807, 2.05) is 6.92 Å². The largest absolute Gasteiger partial charge is 0.396 e. The van der Waals surface area contributed by atoms with Gasteiger partial charge in [0.1, 0.15) is 10.0 Å². The average Bonchev–Trinajstić information content (AvgIpc) is 2.29. The van der Waals surface area contributed by atoms with Crippen LogP contribution in [-0.2, 0) is 10.0 Å². The number of aliphatic hydroxyl groups excluding tert-OH is 1. The summed E-state index contributed by atoms with van der Waals surface area (Å²) in [4.78, 5) is 3.69. The Morgan fingerprint density at radius 1 is 1.56 bits per heavy atom. The van der Waals surface area contributed by atoms with Crippen LogP contribution in [0.15, 0.2) is 23.2 Å². The predicted octanol–water partition coefficient (Wildman–Crippen LogP) is 1.56. The van der Waals surface area contributed by atoms with Gasteiger partial charge in [-0.25, -0.2) is 18.1 Å². The van der Waals surface area contributed by atoms with E-state index in [9.17, 15) is 8.42 Å². The van der Waals surface area contributed by atoms with Crippen molar-refractivity contribution >= 4 is 21.6 Å². The third-order valence-electron chi connectivity index (χ3n) is 2.84. The van der Waals surface area contributed by atoms with Crippen LogP contribution in [0.1, 0.15) is 26.7 Å². The maximum absolute atomic E-state index is 12.2. The van der Waals surface area contributed by atoms with E-state index in [4.69, 9.17) is 16.7 Å². The molecule has 18 heavy (non-hydrogen) atoms. The second-order valence-electron chi connectivity index (χ2n) is 4.29. The van der Waals surface area contributed by atoms with E-state index in [0.29, 0.717) is 12.8 Å². The van der Waals surface area contributed by atoms with Gasteiger partial charge in [0, 0.05) is 18.3 Å². The fourth-order valence-corrected chi connectivity index (χ4v) is 3.46. The number of aromatic nitrogens is 1. The van der Waals surface area contributed by atoms with Gasteiger partial charge in [0.2, 0.25) is 10.0 Å². The van der Waals surface area contributed by atoms with E-state index in [1.165, 1.54) is 18.3 Å². The van der Waals surface area contributed by atoms with Crippen LogP contribution in [-0.4, -0.2) is 30.7 Å². The quantitative estimate of drug-likeness (QED) is 0.780. The lowest BCUT2D eigenvalue weighted by Gasteiger charge is -2.28. The lowest BCUT2D eigenvalue weighted by molar-refractivity contribution is 0.233. The van der Waals surface area contributed by atoms with Crippen LogP contribution in [0.2, 0.25) is 5.15 Å². The summed E-state index contributed by atoms with van der Waals surface area (Å²) in [6.07, 6.45) is 2.32. The van der Waals surface area contributed by atoms with Crippen LogP contribution in [0, 0.1) is 0 Å². The molecule has 0 fully saturated rings. The van der Waals surface area contributed by atoms with Crippen LogP contribution in [0.4, 0.5) is 0 Å². The Morgan fingerprint density at radius 3 is 2.72 bits per heavy atom. The minimum absolute atomic E-state index is 0.0516. The zero-order chi connectivity index (χ0) is 13.8. The average molecular weight is 293 g/mol. The van der Waals surface area contributed by atoms with Crippen molar-refractivity contribution in [1.82, 2.24) is 9.71 Å². The van der Waals surface area contributed by atoms with Crippen molar-refractivity contribution in [3.05, 3.63) is 23.5 Å². The van der Waals surface area contributed by atoms with Gasteiger partial charge < -0.3 is 5.11 Å². The molecule has 0 aliphatic heterocycles. The van der Waals surface area contributed by atoms with Gasteiger partial charge in [-0.15, -0.1) is 0 Å². The molecule has 1 unspecified atom stereocenters. The van der Waals surface area contributed by atoms with Crippen LogP contribution >= 0.6 is 11.6 Å². The molecule has 0 radical (unpaired) electrons. The molecule has 0 aliphatic carbocycles. The van der Waals surface area contributed by atoms with Crippen LogP contribution < -0.4 is 4.72 Å². The Hall–Kier alpha value is -0.690. The summed E-state index contributed by atoms with van der Waals surface area (Å²) in [7, 11) is -3.74. The monoisotopic (exact) mass is 292 g/mol. The minimum Gasteiger partial charge on any atom is -0.396 e. The first-order valence-corrected chi connectivity index (χ1v) is 7.46. The standard InChI is InChI=1S/C11H17ClN2O3S/c1-3-11(2,6-8-15)14-18(16,17)9-5-4-7-13-10(9)12/h4-5,7,14-15H,3,6,8H2,1-2H3. The van der Waals surface area contributed by atoms with Gasteiger partial charge in [-0.1, -0.05) is 18.5 Å². The Labute approximate surface area is 112 Å². The summed E-state index contributed by atoms with van der Waals surface area (Å²) in [5.41, 5.74) is -0.702. The van der Waals surface area contributed by atoms with Gasteiger partial charge in [0.25, 0.3) is 0 Å². The zero-order valence-corrected chi connectivity index (χ0v) is 11.9. The topological polar surface area (TPSA) is 79.3 Å². The van der Waals surface area contributed by atoms with E-state index in [-0.39, 0.29) is 16.7 Å². The summed E-state index contributed by atoms with van der Waals surface area (Å²) < 4.78 is 26.9. The van der Waals surface area contributed by atoms with E-state index >= 15 is 0 Å². The smallest absolute Gasteiger partial charge is 0.244 e. The highest BCUT2D eigenvalue weighted by molar-refractivity contribution is 7.89. The zero-order valence-electron chi connectivity index (χ0n) is 10.4. The number of halogens is 1. The van der Waals surface area contributed by atoms with E-state index in [0.717, 1.165) is 0 Å². The first-order chi connectivity index (χ1) is 8.34. The number of pyridine rings is 1. The highest BCUT2D eigenvalue weighted by Gasteiger charge is 2.29. The number of aliphatic hydroxyl groups is 1. The fourth-order valence-electron chi connectivity index (χ4n) is 1.50. The van der Waals surface area contributed by atoms with Crippen molar-refractivity contribution in [3.63, 3.8) is 0 Å². The molecular formula is C11H17ClN2O3S. The molecule has 1 aromatic heterocycles. The third-order valence-corrected chi connectivity index (χ3v) is 4.92. The van der Waals surface area contributed by atoms with Gasteiger partial charge >= 0.3 is 0 Å². The molecule has 1 heterocycles. The molecule has 1 atom stereocenters. The molecular weight excluding hydrogens is 276 g/mol. The van der Waals surface area contributed by atoms with Crippen LogP contribution in [0.25, 0.3) is 0 Å². The van der Waals surface area contributed by atoms with Gasteiger partial charge in [0.05, 0.1) is 0 Å². The molecule has 0 aliphatic rings. The van der Waals surface area contributed by atoms with E-state index in [1.54, 1.807) is 6.92 Å². The number of nitrogens with zero attached hydrogens (tertiary/aromatic N) is 1. The van der Waals surface area contributed by atoms with Crippen LogP contribution in [0.3, 0.4) is 0 Å². The normalized spacial score (nSPS) is 15.3. The lowest BCUT2D eigenvalue weighted by Crippen LogP contribution is -2.46. The predicted molar refractivity (Wildman–Crippen MR) is 70.0 cm³/mol. The van der Waals surface area contributed by atoms with Crippen molar-refractivity contribution in [1.29, 1.82) is 0 Å². The summed E-state index contributed by atoms with van der Waals surface area (Å²) in [6, 6.07) is 2.91. The Morgan fingerprint density at radius 2 is 2.22 bits per heavy atom. The minimum atomic E-state index is -3.74. The molecule has 0 amide bonds. The third kappa shape index (κ3) is 3.65.